The van der Waals surface area contributed by atoms with E-state index < -0.39 is 78.9 Å². The van der Waals surface area contributed by atoms with Crippen LogP contribution >= 0.6 is 0 Å². The SMILES string of the molecule is CN(C)c1ccc(O)c2c1C[C@H]1C[C@H]3[C@@](O)(C(=O)C(C(N)=O)=C(O)[C@@]3(N(C)C)S(N)(=O)=O)C(=O)C1=C2O. The average Bonchev–Trinajstić information content (AvgIpc) is 2.75. The van der Waals surface area contributed by atoms with Crippen molar-refractivity contribution in [2.24, 2.45) is 22.7 Å². The number of nitrogens with two attached hydrogens (primary N) is 2. The molecule has 4 atom stereocenters. The molecule has 14 heteroatoms. The van der Waals surface area contributed by atoms with Gasteiger partial charge in [-0.05, 0) is 50.6 Å². The van der Waals surface area contributed by atoms with Crippen LogP contribution in [0.25, 0.3) is 5.76 Å². The van der Waals surface area contributed by atoms with Gasteiger partial charge in [0.15, 0.2) is 5.60 Å². The number of anilines is 1. The Kier molecular flexibility index (Phi) is 5.76. The topological polar surface area (TPSA) is 225 Å². The van der Waals surface area contributed by atoms with Gasteiger partial charge in [-0.3, -0.25) is 19.3 Å². The molecule has 3 aliphatic carbocycles. The number of aliphatic hydroxyl groups excluding tert-OH is 2. The Labute approximate surface area is 212 Å². The highest BCUT2D eigenvalue weighted by Gasteiger charge is 2.73. The number of carbonyl (C=O) groups is 3. The summed E-state index contributed by atoms with van der Waals surface area (Å²) in [4.78, 5) is 39.3. The second-order valence-corrected chi connectivity index (χ2v) is 11.7. The molecular formula is C23H28N4O9S. The normalized spacial score (nSPS) is 29.7. The molecule has 13 nitrogen and oxygen atoms in total. The quantitative estimate of drug-likeness (QED) is 0.195. The Balaban J connectivity index is 2.10. The van der Waals surface area contributed by atoms with Gasteiger partial charge in [-0.1, -0.05) is 0 Å². The van der Waals surface area contributed by atoms with Crippen molar-refractivity contribution < 1.29 is 43.2 Å². The van der Waals surface area contributed by atoms with E-state index in [1.54, 1.807) is 25.1 Å². The number of phenols is 1. The summed E-state index contributed by atoms with van der Waals surface area (Å²) in [5.74, 6) is -9.76. The second-order valence-electron chi connectivity index (χ2n) is 9.95. The molecule has 200 valence electrons. The van der Waals surface area contributed by atoms with Crippen molar-refractivity contribution in [1.82, 2.24) is 4.90 Å². The maximum Gasteiger partial charge on any atom is 0.256 e. The highest BCUT2D eigenvalue weighted by Crippen LogP contribution is 2.57. The smallest absolute Gasteiger partial charge is 0.256 e. The van der Waals surface area contributed by atoms with Crippen molar-refractivity contribution in [1.29, 1.82) is 0 Å². The van der Waals surface area contributed by atoms with Crippen LogP contribution in [-0.2, 0) is 30.8 Å². The number of carbonyl (C=O) groups excluding carboxylic acids is 3. The number of ketones is 2. The zero-order valence-electron chi connectivity index (χ0n) is 20.5. The Morgan fingerprint density at radius 3 is 2.16 bits per heavy atom. The molecule has 4 rings (SSSR count). The number of Topliss-reactive ketones (excluding diaryl/α,β-unsaturated/α-hetero) is 2. The zero-order chi connectivity index (χ0) is 28.0. The molecule has 8 N–H and O–H groups in total. The number of primary amides is 1. The first kappa shape index (κ1) is 26.6. The number of aromatic hydroxyl groups is 1. The molecule has 0 spiro atoms. The van der Waals surface area contributed by atoms with E-state index in [1.165, 1.54) is 20.2 Å². The number of fused-ring (bicyclic) bond motifs is 3. The van der Waals surface area contributed by atoms with Crippen LogP contribution in [-0.4, -0.2) is 89.9 Å². The number of nitrogens with zero attached hydrogens (tertiary/aromatic N) is 2. The summed E-state index contributed by atoms with van der Waals surface area (Å²) in [6.45, 7) is 0. The molecule has 1 aromatic rings. The third-order valence-electron chi connectivity index (χ3n) is 7.68. The molecule has 1 fully saturated rings. The minimum absolute atomic E-state index is 0.00440. The molecule has 0 aliphatic heterocycles. The molecule has 0 aromatic heterocycles. The van der Waals surface area contributed by atoms with Crippen LogP contribution in [0.3, 0.4) is 0 Å². The Morgan fingerprint density at radius 1 is 1.08 bits per heavy atom. The molecule has 0 radical (unpaired) electrons. The van der Waals surface area contributed by atoms with Crippen LogP contribution in [0.5, 0.6) is 5.75 Å². The largest absolute Gasteiger partial charge is 0.508 e. The Morgan fingerprint density at radius 2 is 1.68 bits per heavy atom. The standard InChI is InChI=1S/C23H28N4O9S/c1-26(2)11-5-6-12(28)15-10(11)7-9-8-13-22(34,18(30)14(9)17(15)29)19(31)16(21(24)33)20(32)23(13,27(3)4)37(25,35)36/h5-6,9,13,28-29,32,34H,7-8H2,1-4H3,(H2,24,33)(H2,25,35,36)/t9-,13-,22-,23-/m0/s1. The van der Waals surface area contributed by atoms with Gasteiger partial charge in [-0.15, -0.1) is 0 Å². The molecule has 0 saturated heterocycles. The van der Waals surface area contributed by atoms with Gasteiger partial charge in [0, 0.05) is 31.3 Å². The minimum atomic E-state index is -4.98. The molecule has 1 saturated carbocycles. The summed E-state index contributed by atoms with van der Waals surface area (Å²) in [7, 11) is 0.828. The molecule has 0 unspecified atom stereocenters. The van der Waals surface area contributed by atoms with Crippen molar-refractivity contribution in [3.05, 3.63) is 40.2 Å². The van der Waals surface area contributed by atoms with Gasteiger partial charge in [0.05, 0.1) is 5.56 Å². The number of phenolic OH excluding ortho intramolecular Hbond substituents is 1. The highest BCUT2D eigenvalue weighted by molar-refractivity contribution is 7.90. The molecule has 37 heavy (non-hydrogen) atoms. The van der Waals surface area contributed by atoms with Crippen molar-refractivity contribution >= 4 is 38.9 Å². The van der Waals surface area contributed by atoms with Gasteiger partial charge in [0.25, 0.3) is 5.91 Å². The molecule has 0 bridgehead atoms. The van der Waals surface area contributed by atoms with E-state index in [0.29, 0.717) is 11.3 Å². The fourth-order valence-corrected chi connectivity index (χ4v) is 7.73. The molecular weight excluding hydrogens is 508 g/mol. The summed E-state index contributed by atoms with van der Waals surface area (Å²) in [6, 6.07) is 2.91. The summed E-state index contributed by atoms with van der Waals surface area (Å²) in [5.41, 5.74) is 1.29. The summed E-state index contributed by atoms with van der Waals surface area (Å²) >= 11 is 0. The lowest BCUT2D eigenvalue weighted by atomic mass is 9.56. The first-order chi connectivity index (χ1) is 16.9. The van der Waals surface area contributed by atoms with E-state index in [4.69, 9.17) is 10.9 Å². The number of aliphatic hydroxyl groups is 3. The lowest BCUT2D eigenvalue weighted by Gasteiger charge is -2.54. The van der Waals surface area contributed by atoms with Gasteiger partial charge >= 0.3 is 0 Å². The first-order valence-electron chi connectivity index (χ1n) is 11.2. The van der Waals surface area contributed by atoms with Gasteiger partial charge in [-0.25, -0.2) is 13.6 Å². The van der Waals surface area contributed by atoms with E-state index in [-0.39, 0.29) is 17.7 Å². The summed E-state index contributed by atoms with van der Waals surface area (Å²) in [5, 5.41) is 50.0. The molecule has 1 amide bonds. The lowest BCUT2D eigenvalue weighted by Crippen LogP contribution is -2.75. The monoisotopic (exact) mass is 536 g/mol. The van der Waals surface area contributed by atoms with Crippen LogP contribution in [0.4, 0.5) is 5.69 Å². The average molecular weight is 537 g/mol. The van der Waals surface area contributed by atoms with E-state index in [1.807, 2.05) is 0 Å². The van der Waals surface area contributed by atoms with Crippen LogP contribution in [0.1, 0.15) is 17.5 Å². The van der Waals surface area contributed by atoms with E-state index in [9.17, 15) is 43.2 Å². The van der Waals surface area contributed by atoms with E-state index in [0.717, 1.165) is 4.90 Å². The number of likely N-dealkylation sites (N-methyl/N-ethyl adjacent to an activating group) is 1. The lowest BCUT2D eigenvalue weighted by molar-refractivity contribution is -0.164. The van der Waals surface area contributed by atoms with Gasteiger partial charge in [0.2, 0.25) is 26.5 Å². The highest BCUT2D eigenvalue weighted by atomic mass is 32.2. The van der Waals surface area contributed by atoms with Crippen molar-refractivity contribution in [2.45, 2.75) is 23.3 Å². The van der Waals surface area contributed by atoms with Gasteiger partial charge < -0.3 is 31.1 Å². The fourth-order valence-electron chi connectivity index (χ4n) is 6.19. The maximum atomic E-state index is 13.9. The number of hydrogen-bond acceptors (Lipinski definition) is 11. The first-order valence-corrected chi connectivity index (χ1v) is 12.7. The Hall–Kier alpha value is -3.46. The second kappa shape index (κ2) is 8.02. The third kappa shape index (κ3) is 3.13. The van der Waals surface area contributed by atoms with Crippen molar-refractivity contribution in [3.63, 3.8) is 0 Å². The van der Waals surface area contributed by atoms with Gasteiger partial charge in [-0.2, -0.15) is 0 Å². The number of benzene rings is 1. The number of primary sulfonamides is 1. The third-order valence-corrected chi connectivity index (χ3v) is 9.39. The predicted octanol–water partition coefficient (Wildman–Crippen LogP) is -1.35. The van der Waals surface area contributed by atoms with E-state index in [2.05, 4.69) is 0 Å². The maximum absolute atomic E-state index is 13.9. The van der Waals surface area contributed by atoms with Crippen LogP contribution < -0.4 is 15.8 Å². The van der Waals surface area contributed by atoms with Crippen molar-refractivity contribution in [2.75, 3.05) is 33.1 Å². The number of amides is 1. The Bertz CT molecular complexity index is 1450. The fraction of sp³-hybridized carbons (Fsp3) is 0.435. The van der Waals surface area contributed by atoms with Crippen LogP contribution in [0.15, 0.2) is 29.0 Å². The minimum Gasteiger partial charge on any atom is -0.508 e. The summed E-state index contributed by atoms with van der Waals surface area (Å²) in [6.07, 6.45) is -0.426. The number of hydrogen-bond donors (Lipinski definition) is 6. The van der Waals surface area contributed by atoms with Gasteiger partial charge in [0.1, 0.15) is 22.8 Å². The summed E-state index contributed by atoms with van der Waals surface area (Å²) < 4.78 is 26.2. The molecule has 0 heterocycles. The van der Waals surface area contributed by atoms with E-state index >= 15 is 0 Å². The predicted molar refractivity (Wildman–Crippen MR) is 131 cm³/mol. The molecule has 3 aliphatic rings. The zero-order valence-corrected chi connectivity index (χ0v) is 21.3. The number of rotatable bonds is 4. The van der Waals surface area contributed by atoms with Crippen LogP contribution in [0, 0.1) is 11.8 Å². The van der Waals surface area contributed by atoms with Crippen LogP contribution in [0.2, 0.25) is 0 Å². The molecule has 1 aromatic carbocycles. The van der Waals surface area contributed by atoms with Crippen molar-refractivity contribution in [3.8, 4) is 5.75 Å². The number of sulfonamides is 1.